The SMILES string of the molecule is S=C1[N-]CCS1.[CH2-]CCCC[N+]1=C(/C=C/C=C/C=C/C=C2/N(CC)c3ccc4ccccc4c3C2(C)C)C(C)(C)c2c1ccc1ccccc21.[Co+2]. The number of fused-ring (bicyclic) bond motifs is 6. The smallest absolute Gasteiger partial charge is 0.669 e. The molecule has 3 heterocycles. The standard InChI is InChI=1S/C42H46N2.C3H5NS2.Co/c1-7-9-19-30-44-36-29-27-32-21-16-18-23-34(32)40(36)42(5,6)38(44)25-14-12-10-11-13-24-37-41(3,4)39-33-22-17-15-20-31(33)26-28-35(39)43(37)8-2;5-3-4-1-2-6-3;/h10-18,20-29H,1,7-9,19,30H2,2-6H3;1-2H2,(H,4,5);/q;;+2/p-1. The number of unbranched alkanes of at least 4 members (excludes halogenated alkanes) is 2. The first kappa shape index (κ1) is 38.8. The van der Waals surface area contributed by atoms with Crippen LogP contribution in [0.5, 0.6) is 0 Å². The van der Waals surface area contributed by atoms with E-state index in [0.29, 0.717) is 0 Å². The summed E-state index contributed by atoms with van der Waals surface area (Å²) in [5.74, 6) is 1.10. The molecule has 0 N–H and O–H groups in total. The van der Waals surface area contributed by atoms with Gasteiger partial charge in [0.05, 0.1) is 5.41 Å². The Hall–Kier alpha value is -3.42. The first-order valence-corrected chi connectivity index (χ1v) is 19.4. The van der Waals surface area contributed by atoms with Crippen molar-refractivity contribution in [1.82, 2.24) is 0 Å². The number of hydrogen-bond acceptors (Lipinski definition) is 3. The van der Waals surface area contributed by atoms with Crippen LogP contribution in [0.15, 0.2) is 121 Å². The van der Waals surface area contributed by atoms with Crippen LogP contribution in [0.2, 0.25) is 0 Å². The third kappa shape index (κ3) is 7.85. The molecule has 4 aromatic rings. The fourth-order valence-electron chi connectivity index (χ4n) is 7.90. The second kappa shape index (κ2) is 16.9. The van der Waals surface area contributed by atoms with Gasteiger partial charge in [0.2, 0.25) is 5.69 Å². The monoisotopic (exact) mass is 755 g/mol. The molecule has 3 aliphatic rings. The minimum absolute atomic E-state index is 0. The molecule has 0 bridgehead atoms. The van der Waals surface area contributed by atoms with Gasteiger partial charge in [0.25, 0.3) is 0 Å². The van der Waals surface area contributed by atoms with E-state index in [-0.39, 0.29) is 27.6 Å². The van der Waals surface area contributed by atoms with Gasteiger partial charge < -0.3 is 17.1 Å². The summed E-state index contributed by atoms with van der Waals surface area (Å²) in [5, 5.41) is 9.26. The van der Waals surface area contributed by atoms with Crippen LogP contribution in [0.25, 0.3) is 26.9 Å². The second-order valence-electron chi connectivity index (χ2n) is 14.1. The predicted molar refractivity (Wildman–Crippen MR) is 225 cm³/mol. The molecule has 0 amide bonds. The average molecular weight is 756 g/mol. The molecule has 6 heteroatoms. The molecule has 0 unspecified atom stereocenters. The molecular formula is C45H50CoN3S2+. The molecule has 4 aromatic carbocycles. The Morgan fingerprint density at radius 2 is 1.47 bits per heavy atom. The Morgan fingerprint density at radius 3 is 2.10 bits per heavy atom. The molecule has 1 radical (unpaired) electrons. The first-order chi connectivity index (χ1) is 24.2. The topological polar surface area (TPSA) is 20.4 Å². The fourth-order valence-corrected chi connectivity index (χ4v) is 8.78. The summed E-state index contributed by atoms with van der Waals surface area (Å²) >= 11 is 6.38. The summed E-state index contributed by atoms with van der Waals surface area (Å²) in [5.41, 5.74) is 8.11. The third-order valence-electron chi connectivity index (χ3n) is 10.2. The maximum atomic E-state index is 4.72. The van der Waals surface area contributed by atoms with Crippen molar-refractivity contribution >= 4 is 66.9 Å². The van der Waals surface area contributed by atoms with Crippen LogP contribution in [-0.4, -0.2) is 40.0 Å². The Labute approximate surface area is 325 Å². The predicted octanol–water partition coefficient (Wildman–Crippen LogP) is 12.1. The summed E-state index contributed by atoms with van der Waals surface area (Å²) in [6.45, 7) is 18.7. The van der Waals surface area contributed by atoms with Crippen LogP contribution >= 0.6 is 24.0 Å². The van der Waals surface area contributed by atoms with Gasteiger partial charge in [-0.3, -0.25) is 0 Å². The molecule has 3 nitrogen and oxygen atoms in total. The number of hydrogen-bond donors (Lipinski definition) is 0. The quantitative estimate of drug-likeness (QED) is 0.0558. The van der Waals surface area contributed by atoms with Crippen molar-refractivity contribution in [2.45, 2.75) is 64.7 Å². The zero-order chi connectivity index (χ0) is 35.3. The number of rotatable bonds is 9. The van der Waals surface area contributed by atoms with Gasteiger partial charge in [0.15, 0.2) is 5.71 Å². The summed E-state index contributed by atoms with van der Waals surface area (Å²) < 4.78 is 3.38. The van der Waals surface area contributed by atoms with Crippen molar-refractivity contribution < 1.29 is 21.4 Å². The van der Waals surface area contributed by atoms with E-state index in [1.807, 2.05) is 0 Å². The molecule has 0 aliphatic carbocycles. The third-order valence-corrected chi connectivity index (χ3v) is 11.5. The van der Waals surface area contributed by atoms with Crippen molar-refractivity contribution in [3.8, 4) is 0 Å². The molecule has 1 fully saturated rings. The van der Waals surface area contributed by atoms with Gasteiger partial charge in [-0.1, -0.05) is 117 Å². The van der Waals surface area contributed by atoms with Gasteiger partial charge >= 0.3 is 16.8 Å². The normalized spacial score (nSPS) is 18.2. The molecule has 0 saturated carbocycles. The maximum absolute atomic E-state index is 4.72. The summed E-state index contributed by atoms with van der Waals surface area (Å²) in [6, 6.07) is 26.7. The van der Waals surface area contributed by atoms with Gasteiger partial charge in [0, 0.05) is 47.5 Å². The van der Waals surface area contributed by atoms with E-state index >= 15 is 0 Å². The Morgan fingerprint density at radius 1 is 0.824 bits per heavy atom. The van der Waals surface area contributed by atoms with Crippen LogP contribution in [0.3, 0.4) is 0 Å². The van der Waals surface area contributed by atoms with Crippen LogP contribution in [0.4, 0.5) is 11.4 Å². The maximum Gasteiger partial charge on any atom is 2.00 e. The number of thioether (sulfide) groups is 1. The number of thiocarbonyl (C=S) groups is 1. The molecular weight excluding hydrogens is 706 g/mol. The minimum atomic E-state index is -0.0812. The Kier molecular flexibility index (Phi) is 12.9. The van der Waals surface area contributed by atoms with E-state index in [9.17, 15) is 0 Å². The minimum Gasteiger partial charge on any atom is -0.669 e. The van der Waals surface area contributed by atoms with Crippen LogP contribution in [0, 0.1) is 6.92 Å². The molecule has 0 atom stereocenters. The number of benzene rings is 4. The van der Waals surface area contributed by atoms with Crippen molar-refractivity contribution in [1.29, 1.82) is 0 Å². The number of likely N-dealkylation sites (N-methyl/N-ethyl adjacent to an activating group) is 1. The van der Waals surface area contributed by atoms with Gasteiger partial charge in [0.1, 0.15) is 6.54 Å². The second-order valence-corrected chi connectivity index (χ2v) is 15.9. The van der Waals surface area contributed by atoms with E-state index in [1.54, 1.807) is 11.8 Å². The van der Waals surface area contributed by atoms with Crippen molar-refractivity contribution in [3.63, 3.8) is 0 Å². The zero-order valence-electron chi connectivity index (χ0n) is 30.6. The van der Waals surface area contributed by atoms with Crippen molar-refractivity contribution in [3.05, 3.63) is 144 Å². The van der Waals surface area contributed by atoms with Gasteiger partial charge in [-0.05, 0) is 76.2 Å². The fraction of sp³-hybridized carbons (Fsp3) is 0.311. The van der Waals surface area contributed by atoms with Crippen LogP contribution in [0.1, 0.15) is 65.0 Å². The molecule has 0 aromatic heterocycles. The molecule has 51 heavy (non-hydrogen) atoms. The van der Waals surface area contributed by atoms with E-state index in [0.717, 1.165) is 49.0 Å². The number of anilines is 1. The average Bonchev–Trinajstić information content (AvgIpc) is 3.75. The molecule has 7 rings (SSSR count). The van der Waals surface area contributed by atoms with E-state index in [1.165, 1.54) is 55.5 Å². The summed E-state index contributed by atoms with van der Waals surface area (Å²) in [7, 11) is 0. The van der Waals surface area contributed by atoms with Gasteiger partial charge in [-0.2, -0.15) is 11.0 Å². The first-order valence-electron chi connectivity index (χ1n) is 18.0. The number of allylic oxidation sites excluding steroid dienone is 8. The number of nitrogens with zero attached hydrogens (tertiary/aromatic N) is 3. The molecule has 265 valence electrons. The Bertz CT molecular complexity index is 2040. The van der Waals surface area contributed by atoms with E-state index < -0.39 is 0 Å². The molecule has 1 saturated heterocycles. The largest absolute Gasteiger partial charge is 2.00 e. The molecule has 3 aliphatic heterocycles. The van der Waals surface area contributed by atoms with Crippen molar-refractivity contribution in [2.75, 3.05) is 30.3 Å². The van der Waals surface area contributed by atoms with E-state index in [2.05, 4.69) is 172 Å². The summed E-state index contributed by atoms with van der Waals surface area (Å²) in [6.07, 6.45) is 18.7. The van der Waals surface area contributed by atoms with Crippen LogP contribution in [-0.2, 0) is 27.6 Å². The van der Waals surface area contributed by atoms with E-state index in [4.69, 9.17) is 12.2 Å². The molecule has 0 spiro atoms. The van der Waals surface area contributed by atoms with Crippen LogP contribution < -0.4 is 4.90 Å². The van der Waals surface area contributed by atoms with Gasteiger partial charge in [-0.15, -0.1) is 18.3 Å². The van der Waals surface area contributed by atoms with Gasteiger partial charge in [-0.25, -0.2) is 0 Å². The Balaban J connectivity index is 0.000000654. The summed E-state index contributed by atoms with van der Waals surface area (Å²) in [4.78, 5) is 2.47. The zero-order valence-corrected chi connectivity index (χ0v) is 33.3. The van der Waals surface area contributed by atoms with Crippen molar-refractivity contribution in [2.24, 2.45) is 0 Å².